The van der Waals surface area contributed by atoms with Crippen molar-refractivity contribution in [1.29, 1.82) is 0 Å². The number of anilines is 1. The zero-order valence-electron chi connectivity index (χ0n) is 15.3. The van der Waals surface area contributed by atoms with Gasteiger partial charge in [-0.15, -0.1) is 0 Å². The summed E-state index contributed by atoms with van der Waals surface area (Å²) in [5, 5.41) is 21.1. The summed E-state index contributed by atoms with van der Waals surface area (Å²) in [7, 11) is 2.15. The third-order valence-corrected chi connectivity index (χ3v) is 5.05. The van der Waals surface area contributed by atoms with Crippen LogP contribution in [-0.4, -0.2) is 87.4 Å². The average molecular weight is 369 g/mol. The molecule has 0 atom stereocenters. The van der Waals surface area contributed by atoms with Gasteiger partial charge in [0.1, 0.15) is 16.9 Å². The lowest BCUT2D eigenvalue weighted by molar-refractivity contribution is 0.0692. The van der Waals surface area contributed by atoms with Gasteiger partial charge < -0.3 is 20.2 Å². The van der Waals surface area contributed by atoms with E-state index in [4.69, 9.17) is 0 Å². The van der Waals surface area contributed by atoms with Crippen LogP contribution in [0.3, 0.4) is 0 Å². The zero-order chi connectivity index (χ0) is 18.8. The number of pyridine rings is 2. The minimum absolute atomic E-state index is 0.00348. The molecule has 4 heterocycles. The van der Waals surface area contributed by atoms with Gasteiger partial charge in [-0.25, -0.2) is 9.78 Å². The summed E-state index contributed by atoms with van der Waals surface area (Å²) < 4.78 is 0. The van der Waals surface area contributed by atoms with E-state index in [1.165, 1.54) is 0 Å². The second-order valence-corrected chi connectivity index (χ2v) is 6.91. The molecule has 0 bridgehead atoms. The minimum Gasteiger partial charge on any atom is -0.476 e. The van der Waals surface area contributed by atoms with E-state index in [1.54, 1.807) is 12.4 Å². The molecule has 3 aromatic rings. The molecule has 142 valence electrons. The van der Waals surface area contributed by atoms with Crippen LogP contribution in [0.25, 0.3) is 21.8 Å². The lowest BCUT2D eigenvalue weighted by atomic mass is 10.1. The Morgan fingerprint density at radius 1 is 1.26 bits per heavy atom. The Hall–Kier alpha value is -2.78. The van der Waals surface area contributed by atoms with Gasteiger partial charge in [0.25, 0.3) is 0 Å². The normalized spacial score (nSPS) is 16.2. The molecule has 3 aromatic heterocycles. The number of hydrogen-bond acceptors (Lipinski definition) is 7. The third-order valence-electron chi connectivity index (χ3n) is 5.05. The molecule has 0 aliphatic carbocycles. The number of hydrogen-bond donors (Lipinski definition) is 3. The van der Waals surface area contributed by atoms with Crippen LogP contribution in [0.15, 0.2) is 18.5 Å². The van der Waals surface area contributed by atoms with Crippen molar-refractivity contribution in [2.75, 3.05) is 51.6 Å². The summed E-state index contributed by atoms with van der Waals surface area (Å²) in [5.74, 6) is -0.406. The molecule has 3 N–H and O–H groups in total. The number of carbonyl (C=O) groups is 1. The van der Waals surface area contributed by atoms with E-state index < -0.39 is 5.97 Å². The van der Waals surface area contributed by atoms with Crippen molar-refractivity contribution < 1.29 is 9.90 Å². The van der Waals surface area contributed by atoms with Crippen molar-refractivity contribution >= 4 is 33.6 Å². The topological polar surface area (TPSA) is 110 Å². The van der Waals surface area contributed by atoms with E-state index in [2.05, 4.69) is 42.3 Å². The highest BCUT2D eigenvalue weighted by molar-refractivity contribution is 6.12. The lowest BCUT2D eigenvalue weighted by Crippen LogP contribution is -2.44. The highest BCUT2D eigenvalue weighted by atomic mass is 16.4. The maximum atomic E-state index is 11.4. The number of piperazine rings is 1. The van der Waals surface area contributed by atoms with E-state index in [-0.39, 0.29) is 5.69 Å². The minimum atomic E-state index is -1.07. The first-order valence-corrected chi connectivity index (χ1v) is 9.13. The summed E-state index contributed by atoms with van der Waals surface area (Å²) >= 11 is 0. The number of aromatic nitrogens is 4. The van der Waals surface area contributed by atoms with Crippen molar-refractivity contribution in [2.24, 2.45) is 0 Å². The van der Waals surface area contributed by atoms with Crippen LogP contribution in [0.2, 0.25) is 0 Å². The molecule has 9 nitrogen and oxygen atoms in total. The Bertz CT molecular complexity index is 963. The molecule has 0 saturated carbocycles. The van der Waals surface area contributed by atoms with Crippen LogP contribution in [0.5, 0.6) is 0 Å². The Labute approximate surface area is 156 Å². The van der Waals surface area contributed by atoms with Gasteiger partial charge in [0.05, 0.1) is 0 Å². The van der Waals surface area contributed by atoms with Gasteiger partial charge in [-0.3, -0.25) is 10.1 Å². The number of nitrogens with zero attached hydrogens (tertiary/aromatic N) is 5. The monoisotopic (exact) mass is 369 g/mol. The van der Waals surface area contributed by atoms with Gasteiger partial charge in [-0.05, 0) is 26.1 Å². The van der Waals surface area contributed by atoms with Crippen molar-refractivity contribution in [2.45, 2.75) is 6.42 Å². The molecular formula is C18H23N7O2. The molecule has 1 fully saturated rings. The Kier molecular flexibility index (Phi) is 4.87. The van der Waals surface area contributed by atoms with E-state index in [0.717, 1.165) is 56.5 Å². The summed E-state index contributed by atoms with van der Waals surface area (Å²) in [5.41, 5.74) is 0.874. The summed E-state index contributed by atoms with van der Waals surface area (Å²) in [6, 6.07) is 1.87. The van der Waals surface area contributed by atoms with E-state index in [1.807, 2.05) is 6.07 Å². The Balaban J connectivity index is 1.51. The van der Waals surface area contributed by atoms with Crippen LogP contribution < -0.4 is 5.32 Å². The first-order chi connectivity index (χ1) is 13.1. The van der Waals surface area contributed by atoms with Gasteiger partial charge in [-0.2, -0.15) is 5.10 Å². The van der Waals surface area contributed by atoms with Crippen LogP contribution in [0.1, 0.15) is 16.9 Å². The molecule has 0 spiro atoms. The smallest absolute Gasteiger partial charge is 0.356 e. The molecule has 9 heteroatoms. The van der Waals surface area contributed by atoms with E-state index in [9.17, 15) is 9.90 Å². The first-order valence-electron chi connectivity index (χ1n) is 9.13. The lowest BCUT2D eigenvalue weighted by Gasteiger charge is -2.32. The summed E-state index contributed by atoms with van der Waals surface area (Å²) in [6.07, 6.45) is 4.39. The van der Waals surface area contributed by atoms with Crippen LogP contribution in [0.4, 0.5) is 5.82 Å². The second-order valence-electron chi connectivity index (χ2n) is 6.91. The number of nitrogens with one attached hydrogen (secondary N) is 2. The predicted octanol–water partition coefficient (Wildman–Crippen LogP) is 1.25. The number of likely N-dealkylation sites (N-methyl/N-ethyl adjacent to an activating group) is 1. The van der Waals surface area contributed by atoms with Crippen LogP contribution in [0, 0.1) is 0 Å². The quantitative estimate of drug-likeness (QED) is 0.557. The fraction of sp³-hybridized carbons (Fsp3) is 0.444. The van der Waals surface area contributed by atoms with Crippen molar-refractivity contribution in [3.63, 3.8) is 0 Å². The highest BCUT2D eigenvalue weighted by Gasteiger charge is 2.18. The summed E-state index contributed by atoms with van der Waals surface area (Å²) in [6.45, 7) is 6.24. The molecule has 0 unspecified atom stereocenters. The zero-order valence-corrected chi connectivity index (χ0v) is 15.3. The second kappa shape index (κ2) is 7.45. The largest absolute Gasteiger partial charge is 0.476 e. The number of H-pyrrole nitrogens is 1. The van der Waals surface area contributed by atoms with Crippen molar-refractivity contribution in [3.8, 4) is 0 Å². The van der Waals surface area contributed by atoms with Gasteiger partial charge in [0, 0.05) is 55.9 Å². The van der Waals surface area contributed by atoms with Gasteiger partial charge in [-0.1, -0.05) is 0 Å². The molecule has 4 rings (SSSR count). The molecule has 27 heavy (non-hydrogen) atoms. The first kappa shape index (κ1) is 17.6. The molecule has 0 aromatic carbocycles. The Morgan fingerprint density at radius 3 is 2.85 bits per heavy atom. The molecule has 0 amide bonds. The third kappa shape index (κ3) is 3.56. The molecule has 1 saturated heterocycles. The predicted molar refractivity (Wildman–Crippen MR) is 103 cm³/mol. The van der Waals surface area contributed by atoms with Gasteiger partial charge in [0.15, 0.2) is 5.69 Å². The van der Waals surface area contributed by atoms with E-state index >= 15 is 0 Å². The fourth-order valence-electron chi connectivity index (χ4n) is 3.46. The number of carboxylic acids is 1. The standard InChI is InChI=1S/C18H23N7O2/c1-24-7-9-25(10-8-24)6-2-4-20-17-12-3-5-19-11-13(12)14-15(21-17)16(18(26)27)23-22-14/h3,5,11H,2,4,6-10H2,1H3,(H,20,21)(H,22,23)(H,26,27). The maximum absolute atomic E-state index is 11.4. The highest BCUT2D eigenvalue weighted by Crippen LogP contribution is 2.28. The number of fused-ring (bicyclic) bond motifs is 3. The van der Waals surface area contributed by atoms with Gasteiger partial charge >= 0.3 is 5.97 Å². The average Bonchev–Trinajstić information content (AvgIpc) is 3.11. The number of aromatic carboxylic acids is 1. The SMILES string of the molecule is CN1CCN(CCCNc2nc3c(C(=O)O)[nH]nc3c3cnccc23)CC1. The molecule has 1 aliphatic heterocycles. The van der Waals surface area contributed by atoms with Gasteiger partial charge in [0.2, 0.25) is 0 Å². The van der Waals surface area contributed by atoms with E-state index in [0.29, 0.717) is 16.9 Å². The van der Waals surface area contributed by atoms with Crippen LogP contribution >= 0.6 is 0 Å². The number of aromatic amines is 1. The molecule has 1 aliphatic rings. The number of rotatable bonds is 6. The van der Waals surface area contributed by atoms with Crippen LogP contribution in [-0.2, 0) is 0 Å². The molecule has 0 radical (unpaired) electrons. The number of carboxylic acid groups (broad SMARTS) is 1. The Morgan fingerprint density at radius 2 is 2.07 bits per heavy atom. The van der Waals surface area contributed by atoms with Crippen molar-refractivity contribution in [1.82, 2.24) is 30.0 Å². The maximum Gasteiger partial charge on any atom is 0.356 e. The van der Waals surface area contributed by atoms with Crippen molar-refractivity contribution in [3.05, 3.63) is 24.2 Å². The summed E-state index contributed by atoms with van der Waals surface area (Å²) in [4.78, 5) is 24.9. The fourth-order valence-corrected chi connectivity index (χ4v) is 3.46. The molecular weight excluding hydrogens is 346 g/mol.